The summed E-state index contributed by atoms with van der Waals surface area (Å²) >= 11 is 6.25. The third-order valence-electron chi connectivity index (χ3n) is 2.15. The van der Waals surface area contributed by atoms with Gasteiger partial charge in [0.1, 0.15) is 10.1 Å². The molecule has 1 atom stereocenters. The molecular formula is C11H16N2OS2. The highest BCUT2D eigenvalue weighted by Gasteiger charge is 2.19. The van der Waals surface area contributed by atoms with Crippen LogP contribution in [0.15, 0.2) is 18.2 Å². The van der Waals surface area contributed by atoms with Crippen LogP contribution in [0, 0.1) is 6.92 Å². The number of thioether (sulfide) groups is 1. The lowest BCUT2D eigenvalue weighted by Gasteiger charge is -2.24. The number of rotatable bonds is 3. The second-order valence-electron chi connectivity index (χ2n) is 3.82. The molecule has 0 fully saturated rings. The first-order valence-electron chi connectivity index (χ1n) is 4.84. The van der Waals surface area contributed by atoms with Crippen molar-refractivity contribution in [3.05, 3.63) is 29.3 Å². The number of hydrogen-bond acceptors (Lipinski definition) is 4. The van der Waals surface area contributed by atoms with E-state index in [1.807, 2.05) is 38.1 Å². The highest BCUT2D eigenvalue weighted by molar-refractivity contribution is 8.23. The fraction of sp³-hybridized carbons (Fsp3) is 0.364. The van der Waals surface area contributed by atoms with Crippen LogP contribution in [0.5, 0.6) is 5.75 Å². The Hall–Kier alpha value is -0.780. The van der Waals surface area contributed by atoms with Crippen LogP contribution < -0.4 is 5.73 Å². The standard InChI is InChI=1S/C11H16N2OS2/c1-7-4-5-8(9(14)6-7)10(13(2)3)16-11(12)15/h4-6,10,14H,1-3H3,(H2,12,15). The van der Waals surface area contributed by atoms with E-state index in [1.165, 1.54) is 11.8 Å². The molecule has 1 aromatic carbocycles. The summed E-state index contributed by atoms with van der Waals surface area (Å²) in [6.45, 7) is 1.94. The molecule has 88 valence electrons. The highest BCUT2D eigenvalue weighted by Crippen LogP contribution is 2.36. The van der Waals surface area contributed by atoms with Crippen molar-refractivity contribution in [2.24, 2.45) is 5.73 Å². The predicted octanol–water partition coefficient (Wildman–Crippen LogP) is 2.24. The van der Waals surface area contributed by atoms with Gasteiger partial charge >= 0.3 is 0 Å². The summed E-state index contributed by atoms with van der Waals surface area (Å²) in [7, 11) is 3.85. The van der Waals surface area contributed by atoms with Crippen LogP contribution in [-0.2, 0) is 0 Å². The lowest BCUT2D eigenvalue weighted by atomic mass is 10.1. The van der Waals surface area contributed by atoms with Crippen LogP contribution in [0.1, 0.15) is 16.5 Å². The van der Waals surface area contributed by atoms with E-state index in [0.29, 0.717) is 4.32 Å². The molecule has 1 unspecified atom stereocenters. The molecule has 3 nitrogen and oxygen atoms in total. The van der Waals surface area contributed by atoms with Gasteiger partial charge in [0.05, 0.1) is 5.37 Å². The van der Waals surface area contributed by atoms with E-state index < -0.39 is 0 Å². The molecule has 0 bridgehead atoms. The molecule has 0 spiro atoms. The molecule has 0 saturated carbocycles. The summed E-state index contributed by atoms with van der Waals surface area (Å²) in [5.74, 6) is 0.280. The largest absolute Gasteiger partial charge is 0.508 e. The van der Waals surface area contributed by atoms with Crippen molar-refractivity contribution in [3.63, 3.8) is 0 Å². The van der Waals surface area contributed by atoms with Gasteiger partial charge in [0.2, 0.25) is 0 Å². The summed E-state index contributed by atoms with van der Waals surface area (Å²) < 4.78 is 0.374. The van der Waals surface area contributed by atoms with Crippen molar-refractivity contribution >= 4 is 28.3 Å². The normalized spacial score (nSPS) is 12.8. The Morgan fingerprint density at radius 3 is 2.56 bits per heavy atom. The minimum Gasteiger partial charge on any atom is -0.508 e. The number of aromatic hydroxyl groups is 1. The van der Waals surface area contributed by atoms with Crippen LogP contribution in [0.2, 0.25) is 0 Å². The molecule has 0 aliphatic carbocycles. The molecule has 1 aromatic rings. The average Bonchev–Trinajstić information content (AvgIpc) is 2.14. The Morgan fingerprint density at radius 1 is 1.50 bits per heavy atom. The monoisotopic (exact) mass is 256 g/mol. The number of hydrogen-bond donors (Lipinski definition) is 2. The number of phenols is 1. The van der Waals surface area contributed by atoms with Crippen molar-refractivity contribution in [3.8, 4) is 5.75 Å². The molecule has 0 aromatic heterocycles. The van der Waals surface area contributed by atoms with Crippen molar-refractivity contribution in [2.45, 2.75) is 12.3 Å². The smallest absolute Gasteiger partial charge is 0.133 e. The maximum Gasteiger partial charge on any atom is 0.133 e. The van der Waals surface area contributed by atoms with Gasteiger partial charge in [-0.1, -0.05) is 36.1 Å². The fourth-order valence-corrected chi connectivity index (χ4v) is 2.45. The van der Waals surface area contributed by atoms with Crippen LogP contribution in [0.3, 0.4) is 0 Å². The Morgan fingerprint density at radius 2 is 2.12 bits per heavy atom. The average molecular weight is 256 g/mol. The van der Waals surface area contributed by atoms with E-state index in [4.69, 9.17) is 18.0 Å². The van der Waals surface area contributed by atoms with Gasteiger partial charge in [-0.15, -0.1) is 0 Å². The summed E-state index contributed by atoms with van der Waals surface area (Å²) in [5.41, 5.74) is 7.39. The Kier molecular flexibility index (Phi) is 4.58. The van der Waals surface area contributed by atoms with Crippen molar-refractivity contribution in [2.75, 3.05) is 14.1 Å². The Bertz CT molecular complexity index is 394. The number of phenolic OH excluding ortho intramolecular Hbond substituents is 1. The van der Waals surface area contributed by atoms with Gasteiger partial charge in [0.25, 0.3) is 0 Å². The molecule has 5 heteroatoms. The third kappa shape index (κ3) is 3.37. The minimum absolute atomic E-state index is 0.0573. The summed E-state index contributed by atoms with van der Waals surface area (Å²) in [4.78, 5) is 1.97. The Labute approximate surface area is 106 Å². The summed E-state index contributed by atoms with van der Waals surface area (Å²) in [5, 5.41) is 9.84. The van der Waals surface area contributed by atoms with E-state index in [0.717, 1.165) is 11.1 Å². The quantitative estimate of drug-likeness (QED) is 0.641. The van der Waals surface area contributed by atoms with Gasteiger partial charge < -0.3 is 10.8 Å². The molecule has 0 heterocycles. The zero-order valence-corrected chi connectivity index (χ0v) is 11.2. The number of aryl methyl sites for hydroxylation is 1. The van der Waals surface area contributed by atoms with Gasteiger partial charge in [-0.25, -0.2) is 0 Å². The number of nitrogens with zero attached hydrogens (tertiary/aromatic N) is 1. The number of thiocarbonyl (C=S) groups is 1. The molecule has 0 radical (unpaired) electrons. The second-order valence-corrected chi connectivity index (χ2v) is 5.64. The van der Waals surface area contributed by atoms with E-state index >= 15 is 0 Å². The molecule has 1 rings (SSSR count). The Balaban J connectivity index is 3.05. The zero-order chi connectivity index (χ0) is 12.3. The number of benzene rings is 1. The first-order chi connectivity index (χ1) is 7.41. The highest BCUT2D eigenvalue weighted by atomic mass is 32.2. The van der Waals surface area contributed by atoms with Crippen molar-refractivity contribution in [1.82, 2.24) is 4.90 Å². The van der Waals surface area contributed by atoms with Crippen LogP contribution in [-0.4, -0.2) is 28.4 Å². The van der Waals surface area contributed by atoms with Crippen LogP contribution >= 0.6 is 24.0 Å². The first-order valence-corrected chi connectivity index (χ1v) is 6.12. The van der Waals surface area contributed by atoms with Crippen LogP contribution in [0.4, 0.5) is 0 Å². The molecular weight excluding hydrogens is 240 g/mol. The maximum absolute atomic E-state index is 9.90. The molecule has 0 amide bonds. The second kappa shape index (κ2) is 5.52. The van der Waals surface area contributed by atoms with Gasteiger partial charge in [-0.05, 0) is 32.6 Å². The lowest BCUT2D eigenvalue weighted by Crippen LogP contribution is -2.20. The van der Waals surface area contributed by atoms with Crippen molar-refractivity contribution < 1.29 is 5.11 Å². The fourth-order valence-electron chi connectivity index (χ4n) is 1.42. The van der Waals surface area contributed by atoms with Crippen molar-refractivity contribution in [1.29, 1.82) is 0 Å². The van der Waals surface area contributed by atoms with Crippen LogP contribution in [0.25, 0.3) is 0 Å². The summed E-state index contributed by atoms with van der Waals surface area (Å²) in [6.07, 6.45) is 0. The lowest BCUT2D eigenvalue weighted by molar-refractivity contribution is 0.377. The van der Waals surface area contributed by atoms with Gasteiger partial charge in [0, 0.05) is 5.56 Å². The van der Waals surface area contributed by atoms with E-state index in [-0.39, 0.29) is 11.1 Å². The van der Waals surface area contributed by atoms with Gasteiger partial charge in [-0.3, -0.25) is 4.90 Å². The van der Waals surface area contributed by atoms with E-state index in [9.17, 15) is 5.11 Å². The minimum atomic E-state index is -0.0573. The molecule has 0 aliphatic heterocycles. The number of nitrogens with two attached hydrogens (primary N) is 1. The third-order valence-corrected chi connectivity index (χ3v) is 3.57. The molecule has 3 N–H and O–H groups in total. The zero-order valence-electron chi connectivity index (χ0n) is 9.60. The topological polar surface area (TPSA) is 49.5 Å². The maximum atomic E-state index is 9.90. The van der Waals surface area contributed by atoms with Gasteiger partial charge in [-0.2, -0.15) is 0 Å². The predicted molar refractivity (Wildman–Crippen MR) is 73.6 cm³/mol. The molecule has 0 saturated heterocycles. The molecule has 0 aliphatic rings. The summed E-state index contributed by atoms with van der Waals surface area (Å²) in [6, 6.07) is 5.61. The first kappa shape index (κ1) is 13.3. The van der Waals surface area contributed by atoms with Gasteiger partial charge in [0.15, 0.2) is 0 Å². The molecule has 16 heavy (non-hydrogen) atoms. The SMILES string of the molecule is Cc1ccc(C(SC(N)=S)N(C)C)c(O)c1. The van der Waals surface area contributed by atoms with E-state index in [1.54, 1.807) is 6.07 Å². The van der Waals surface area contributed by atoms with E-state index in [2.05, 4.69) is 0 Å².